The van der Waals surface area contributed by atoms with Crippen LogP contribution in [0.5, 0.6) is 0 Å². The molecule has 9 fully saturated rings. The highest BCUT2D eigenvalue weighted by atomic mass is 14.7. The van der Waals surface area contributed by atoms with E-state index in [1.807, 2.05) is 0 Å². The summed E-state index contributed by atoms with van der Waals surface area (Å²) in [6, 6.07) is 0. The maximum absolute atomic E-state index is 1.67. The molecule has 9 rings (SSSR count). The Kier molecular flexibility index (Phi) is 8.06. The summed E-state index contributed by atoms with van der Waals surface area (Å²) in [4.78, 5) is 0. The first-order chi connectivity index (χ1) is 20.9. The molecule has 0 aliphatic heterocycles. The number of hydrogen-bond donors (Lipinski definition) is 0. The minimum atomic E-state index is 1.12. The van der Waals surface area contributed by atoms with Gasteiger partial charge >= 0.3 is 0 Å². The lowest BCUT2D eigenvalue weighted by atomic mass is 9.40. The first-order valence-electron chi connectivity index (χ1n) is 20.9. The van der Waals surface area contributed by atoms with Gasteiger partial charge in [-0.1, -0.05) is 89.9 Å². The van der Waals surface area contributed by atoms with Crippen molar-refractivity contribution < 1.29 is 0 Å². The Bertz CT molecular complexity index is 883. The van der Waals surface area contributed by atoms with E-state index in [0.29, 0.717) is 0 Å². The van der Waals surface area contributed by atoms with Crippen molar-refractivity contribution in [3.8, 4) is 0 Å². The van der Waals surface area contributed by atoms with Crippen molar-refractivity contribution in [1.29, 1.82) is 0 Å². The largest absolute Gasteiger partial charge is 0.0533 e. The van der Waals surface area contributed by atoms with Gasteiger partial charge in [0, 0.05) is 0 Å². The number of rotatable bonds is 3. The van der Waals surface area contributed by atoms with E-state index in [4.69, 9.17) is 0 Å². The summed E-state index contributed by atoms with van der Waals surface area (Å²) in [5, 5.41) is 0. The second-order valence-electron chi connectivity index (χ2n) is 18.8. The summed E-state index contributed by atoms with van der Waals surface area (Å²) in [5.74, 6) is 18.3. The fourth-order valence-electron chi connectivity index (χ4n) is 16.8. The first kappa shape index (κ1) is 28.2. The van der Waals surface area contributed by atoms with Crippen molar-refractivity contribution in [2.24, 2.45) is 94.7 Å². The molecule has 0 saturated heterocycles. The molecule has 0 aromatic heterocycles. The quantitative estimate of drug-likeness (QED) is 0.315. The van der Waals surface area contributed by atoms with Crippen molar-refractivity contribution in [3.05, 3.63) is 0 Å². The molecule has 0 amide bonds. The molecular weight excluding hydrogens is 504 g/mol. The van der Waals surface area contributed by atoms with E-state index in [1.165, 1.54) is 11.8 Å². The summed E-state index contributed by atoms with van der Waals surface area (Å²) in [7, 11) is 0. The second kappa shape index (κ2) is 12.0. The summed E-state index contributed by atoms with van der Waals surface area (Å²) < 4.78 is 0. The molecule has 0 heterocycles. The maximum Gasteiger partial charge on any atom is -0.0321 e. The Hall–Kier alpha value is 0. The van der Waals surface area contributed by atoms with Crippen LogP contribution in [0.15, 0.2) is 0 Å². The van der Waals surface area contributed by atoms with Gasteiger partial charge in [-0.25, -0.2) is 0 Å². The highest BCUT2D eigenvalue weighted by Crippen LogP contribution is 2.68. The third-order valence-electron chi connectivity index (χ3n) is 17.8. The van der Waals surface area contributed by atoms with E-state index in [9.17, 15) is 0 Å². The first-order valence-corrected chi connectivity index (χ1v) is 20.9. The van der Waals surface area contributed by atoms with Gasteiger partial charge < -0.3 is 0 Å². The molecule has 9 saturated carbocycles. The second-order valence-corrected chi connectivity index (χ2v) is 18.8. The molecule has 0 aromatic carbocycles. The van der Waals surface area contributed by atoms with Crippen LogP contribution in [-0.2, 0) is 0 Å². The van der Waals surface area contributed by atoms with Crippen molar-refractivity contribution in [3.63, 3.8) is 0 Å². The predicted octanol–water partition coefficient (Wildman–Crippen LogP) is 12.1. The molecular formula is C42H68. The fraction of sp³-hybridized carbons (Fsp3) is 1.00. The molecule has 0 bridgehead atoms. The van der Waals surface area contributed by atoms with Crippen LogP contribution in [0.3, 0.4) is 0 Å². The van der Waals surface area contributed by atoms with Gasteiger partial charge in [-0.2, -0.15) is 0 Å². The predicted molar refractivity (Wildman–Crippen MR) is 176 cm³/mol. The third-order valence-corrected chi connectivity index (χ3v) is 17.8. The van der Waals surface area contributed by atoms with Crippen molar-refractivity contribution in [1.82, 2.24) is 0 Å². The van der Waals surface area contributed by atoms with Gasteiger partial charge in [0.25, 0.3) is 0 Å². The normalized spacial score (nSPS) is 54.7. The van der Waals surface area contributed by atoms with Crippen molar-refractivity contribution in [2.45, 2.75) is 167 Å². The van der Waals surface area contributed by atoms with Gasteiger partial charge in [0.15, 0.2) is 0 Å². The van der Waals surface area contributed by atoms with Crippen LogP contribution < -0.4 is 0 Å². The Morgan fingerprint density at radius 1 is 0.167 bits per heavy atom. The lowest BCUT2D eigenvalue weighted by Crippen LogP contribution is -2.58. The molecule has 0 aromatic rings. The smallest absolute Gasteiger partial charge is 0.0321 e. The van der Waals surface area contributed by atoms with Crippen molar-refractivity contribution in [2.75, 3.05) is 0 Å². The van der Waals surface area contributed by atoms with Crippen LogP contribution in [0.2, 0.25) is 0 Å². The van der Waals surface area contributed by atoms with Gasteiger partial charge in [-0.15, -0.1) is 0 Å². The molecule has 0 heteroatoms. The lowest BCUT2D eigenvalue weighted by molar-refractivity contribution is -0.163. The lowest BCUT2D eigenvalue weighted by Gasteiger charge is -2.65. The monoisotopic (exact) mass is 573 g/mol. The Morgan fingerprint density at radius 2 is 0.500 bits per heavy atom. The van der Waals surface area contributed by atoms with Crippen LogP contribution in [0, 0.1) is 94.7 Å². The van der Waals surface area contributed by atoms with Gasteiger partial charge in [-0.05, 0) is 172 Å². The summed E-state index contributed by atoms with van der Waals surface area (Å²) in [6.45, 7) is 0. The van der Waals surface area contributed by atoms with Gasteiger partial charge in [-0.3, -0.25) is 0 Å². The molecule has 9 aliphatic rings. The van der Waals surface area contributed by atoms with Gasteiger partial charge in [0.1, 0.15) is 0 Å². The Labute approximate surface area is 261 Å². The topological polar surface area (TPSA) is 0 Å². The standard InChI is InChI=1S/C42H68/c1-2-11-27(12-3-1)31-15-4-5-16-32(31)41-33-17-6-8-19-35(33)42(36-20-9-7-18-34(36)41)38-26-24-30-22-21-28-13-10-14-29-23-25-37(38)40(30)39(28)29/h27-42H,1-26H2/t28?,29?,30?,31-,32?,33-,34+,35?,36-,37?,38+,39+,40-,41?,42?/m1/s1. The van der Waals surface area contributed by atoms with E-state index < -0.39 is 0 Å². The molecule has 0 radical (unpaired) electrons. The number of fused-ring (bicyclic) bond motifs is 2. The van der Waals surface area contributed by atoms with E-state index in [2.05, 4.69) is 0 Å². The third kappa shape index (κ3) is 4.68. The molecule has 236 valence electrons. The summed E-state index contributed by atoms with van der Waals surface area (Å²) >= 11 is 0. The molecule has 8 unspecified atom stereocenters. The molecule has 0 nitrogen and oxygen atoms in total. The highest BCUT2D eigenvalue weighted by Gasteiger charge is 2.60. The minimum Gasteiger partial charge on any atom is -0.0533 e. The average Bonchev–Trinajstić information content (AvgIpc) is 3.06. The molecule has 42 heavy (non-hydrogen) atoms. The maximum atomic E-state index is 1.67. The van der Waals surface area contributed by atoms with Crippen LogP contribution in [0.1, 0.15) is 167 Å². The molecule has 0 spiro atoms. The van der Waals surface area contributed by atoms with E-state index >= 15 is 0 Å². The molecule has 15 atom stereocenters. The zero-order chi connectivity index (χ0) is 27.6. The Balaban J connectivity index is 1.05. The zero-order valence-electron chi connectivity index (χ0n) is 27.6. The van der Waals surface area contributed by atoms with Crippen LogP contribution >= 0.6 is 0 Å². The summed E-state index contributed by atoms with van der Waals surface area (Å²) in [5.41, 5.74) is 0. The number of hydrogen-bond acceptors (Lipinski definition) is 0. The zero-order valence-corrected chi connectivity index (χ0v) is 27.6. The highest BCUT2D eigenvalue weighted by molar-refractivity contribution is 5.09. The SMILES string of the molecule is C1CCC([C@H]2CCCCC2C2[C@@H]3CCCCC3C([C@H]3CCC4CCC5CCCC6CCC3[C@@H]4[C@@H]56)[C@@H]3CCCC[C@H]23)CC1. The van der Waals surface area contributed by atoms with Crippen LogP contribution in [-0.4, -0.2) is 0 Å². The fourth-order valence-corrected chi connectivity index (χ4v) is 16.8. The average molecular weight is 573 g/mol. The summed E-state index contributed by atoms with van der Waals surface area (Å²) in [6.07, 6.45) is 42.0. The van der Waals surface area contributed by atoms with Gasteiger partial charge in [0.05, 0.1) is 0 Å². The van der Waals surface area contributed by atoms with Crippen molar-refractivity contribution >= 4 is 0 Å². The van der Waals surface area contributed by atoms with Gasteiger partial charge in [0.2, 0.25) is 0 Å². The Morgan fingerprint density at radius 3 is 1.02 bits per heavy atom. The van der Waals surface area contributed by atoms with E-state index in [-0.39, 0.29) is 0 Å². The molecule has 9 aliphatic carbocycles. The van der Waals surface area contributed by atoms with E-state index in [1.54, 1.807) is 167 Å². The van der Waals surface area contributed by atoms with Crippen LogP contribution in [0.25, 0.3) is 0 Å². The van der Waals surface area contributed by atoms with E-state index in [0.717, 1.165) is 82.9 Å². The van der Waals surface area contributed by atoms with Crippen LogP contribution in [0.4, 0.5) is 0 Å². The minimum absolute atomic E-state index is 1.12. The molecule has 0 N–H and O–H groups in total.